The number of morpholine rings is 1. The number of hydrogen-bond acceptors (Lipinski definition) is 4. The fraction of sp³-hybridized carbons (Fsp3) is 0.458. The maximum absolute atomic E-state index is 12.7. The van der Waals surface area contributed by atoms with Gasteiger partial charge >= 0.3 is 0 Å². The summed E-state index contributed by atoms with van der Waals surface area (Å²) >= 11 is 0. The number of hydrogen-bond donors (Lipinski definition) is 1. The molecule has 1 atom stereocenters. The minimum absolute atomic E-state index is 0.0184. The first kappa shape index (κ1) is 23.4. The second-order valence-electron chi connectivity index (χ2n) is 8.24. The van der Waals surface area contributed by atoms with Crippen molar-refractivity contribution in [1.29, 1.82) is 0 Å². The number of aryl methyl sites for hydroxylation is 4. The van der Waals surface area contributed by atoms with Gasteiger partial charge in [0, 0.05) is 19.5 Å². The number of nitrogens with one attached hydrogen (secondary N) is 1. The molecule has 1 amide bonds. The summed E-state index contributed by atoms with van der Waals surface area (Å²) in [5.41, 5.74) is 5.71. The van der Waals surface area contributed by atoms with E-state index in [0.29, 0.717) is 39.1 Å². The molecule has 1 N–H and O–H groups in total. The molecule has 0 aliphatic carbocycles. The Labute approximate surface area is 185 Å². The fourth-order valence-corrected chi connectivity index (χ4v) is 5.27. The largest absolute Gasteiger partial charge is 0.379 e. The second kappa shape index (κ2) is 9.94. The molecular formula is C24H32N2O4S. The lowest BCUT2D eigenvalue weighted by Gasteiger charge is -2.26. The van der Waals surface area contributed by atoms with Gasteiger partial charge in [-0.15, -0.1) is 0 Å². The highest BCUT2D eigenvalue weighted by Crippen LogP contribution is 2.22. The van der Waals surface area contributed by atoms with E-state index in [0.717, 1.165) is 11.1 Å². The predicted octanol–water partition coefficient (Wildman–Crippen LogP) is 3.44. The zero-order valence-electron chi connectivity index (χ0n) is 18.8. The molecule has 2 aromatic rings. The lowest BCUT2D eigenvalue weighted by atomic mass is 9.96. The van der Waals surface area contributed by atoms with Crippen LogP contribution >= 0.6 is 0 Å². The minimum atomic E-state index is -3.49. The van der Waals surface area contributed by atoms with Gasteiger partial charge < -0.3 is 10.1 Å². The van der Waals surface area contributed by atoms with Gasteiger partial charge in [-0.05, 0) is 74.1 Å². The Bertz CT molecular complexity index is 1030. The summed E-state index contributed by atoms with van der Waals surface area (Å²) in [7, 11) is -3.49. The first-order chi connectivity index (χ1) is 14.7. The zero-order chi connectivity index (χ0) is 22.6. The smallest absolute Gasteiger partial charge is 0.243 e. The Morgan fingerprint density at radius 2 is 1.65 bits per heavy atom. The Hall–Kier alpha value is -2.22. The quantitative estimate of drug-likeness (QED) is 0.710. The summed E-state index contributed by atoms with van der Waals surface area (Å²) in [6, 6.07) is 11.1. The van der Waals surface area contributed by atoms with Crippen LogP contribution in [-0.2, 0) is 26.0 Å². The monoisotopic (exact) mass is 444 g/mol. The van der Waals surface area contributed by atoms with Crippen molar-refractivity contribution in [3.63, 3.8) is 0 Å². The molecule has 1 heterocycles. The van der Waals surface area contributed by atoms with Gasteiger partial charge in [-0.2, -0.15) is 4.31 Å². The van der Waals surface area contributed by atoms with Gasteiger partial charge in [0.2, 0.25) is 15.9 Å². The summed E-state index contributed by atoms with van der Waals surface area (Å²) in [6.07, 6.45) is 0.909. The van der Waals surface area contributed by atoms with Crippen LogP contribution in [0.25, 0.3) is 0 Å². The summed E-state index contributed by atoms with van der Waals surface area (Å²) in [4.78, 5) is 12.7. The third-order valence-corrected chi connectivity index (χ3v) is 7.81. The molecule has 31 heavy (non-hydrogen) atoms. The third kappa shape index (κ3) is 5.73. The highest BCUT2D eigenvalue weighted by molar-refractivity contribution is 7.89. The van der Waals surface area contributed by atoms with Crippen molar-refractivity contribution in [2.24, 2.45) is 0 Å². The van der Waals surface area contributed by atoms with Crippen LogP contribution in [0, 0.1) is 20.8 Å². The molecule has 0 radical (unpaired) electrons. The molecule has 168 valence electrons. The maximum atomic E-state index is 12.7. The van der Waals surface area contributed by atoms with Crippen molar-refractivity contribution < 1.29 is 17.9 Å². The normalized spacial score (nSPS) is 16.1. The van der Waals surface area contributed by atoms with Gasteiger partial charge in [-0.25, -0.2) is 8.42 Å². The molecule has 0 saturated carbocycles. The summed E-state index contributed by atoms with van der Waals surface area (Å²) in [5.74, 6) is -0.0184. The number of amides is 1. The number of benzene rings is 2. The first-order valence-corrected chi connectivity index (χ1v) is 12.2. The van der Waals surface area contributed by atoms with Gasteiger partial charge in [-0.1, -0.05) is 24.3 Å². The fourth-order valence-electron chi connectivity index (χ4n) is 3.86. The van der Waals surface area contributed by atoms with Gasteiger partial charge in [0.05, 0.1) is 24.2 Å². The van der Waals surface area contributed by atoms with E-state index in [1.807, 2.05) is 6.92 Å². The molecule has 0 spiro atoms. The molecule has 1 aliphatic heterocycles. The topological polar surface area (TPSA) is 75.7 Å². The van der Waals surface area contributed by atoms with Gasteiger partial charge in [-0.3, -0.25) is 4.79 Å². The summed E-state index contributed by atoms with van der Waals surface area (Å²) in [6.45, 7) is 9.84. The molecule has 1 fully saturated rings. The van der Waals surface area contributed by atoms with E-state index >= 15 is 0 Å². The van der Waals surface area contributed by atoms with E-state index in [4.69, 9.17) is 4.74 Å². The van der Waals surface area contributed by atoms with Crippen LogP contribution in [0.1, 0.15) is 47.2 Å². The lowest BCUT2D eigenvalue weighted by molar-refractivity contribution is -0.121. The molecule has 0 bridgehead atoms. The van der Waals surface area contributed by atoms with Crippen LogP contribution in [0.2, 0.25) is 0 Å². The average molecular weight is 445 g/mol. The molecule has 3 rings (SSSR count). The summed E-state index contributed by atoms with van der Waals surface area (Å²) in [5, 5.41) is 3.08. The minimum Gasteiger partial charge on any atom is -0.379 e. The molecule has 7 heteroatoms. The Kier molecular flexibility index (Phi) is 7.51. The second-order valence-corrected chi connectivity index (χ2v) is 10.2. The maximum Gasteiger partial charge on any atom is 0.243 e. The van der Waals surface area contributed by atoms with E-state index in [9.17, 15) is 13.2 Å². The summed E-state index contributed by atoms with van der Waals surface area (Å²) < 4.78 is 32.1. The van der Waals surface area contributed by atoms with Crippen molar-refractivity contribution in [2.75, 3.05) is 26.3 Å². The number of carbonyl (C=O) groups excluding carboxylic acids is 1. The van der Waals surface area contributed by atoms with Crippen LogP contribution in [0.3, 0.4) is 0 Å². The van der Waals surface area contributed by atoms with E-state index in [1.54, 1.807) is 24.3 Å². The number of ether oxygens (including phenoxy) is 1. The van der Waals surface area contributed by atoms with Crippen LogP contribution in [-0.4, -0.2) is 44.9 Å². The van der Waals surface area contributed by atoms with Gasteiger partial charge in [0.15, 0.2) is 0 Å². The SMILES string of the molecule is Cc1cc(C)c([C@@H](C)NC(=O)CCc2ccc(S(=O)(=O)N3CCOCC3)cc2)cc1C. The van der Waals surface area contributed by atoms with Crippen LogP contribution < -0.4 is 5.32 Å². The number of carbonyl (C=O) groups is 1. The predicted molar refractivity (Wildman–Crippen MR) is 122 cm³/mol. The highest BCUT2D eigenvalue weighted by Gasteiger charge is 2.26. The van der Waals surface area contributed by atoms with Crippen LogP contribution in [0.15, 0.2) is 41.3 Å². The van der Waals surface area contributed by atoms with Crippen molar-refractivity contribution in [1.82, 2.24) is 9.62 Å². The van der Waals surface area contributed by atoms with Crippen LogP contribution in [0.5, 0.6) is 0 Å². The van der Waals surface area contributed by atoms with Crippen molar-refractivity contribution in [2.45, 2.75) is 51.5 Å². The Morgan fingerprint density at radius 1 is 1.03 bits per heavy atom. The number of sulfonamides is 1. The molecule has 6 nitrogen and oxygen atoms in total. The lowest BCUT2D eigenvalue weighted by Crippen LogP contribution is -2.40. The standard InChI is InChI=1S/C24H32N2O4S/c1-17-15-19(3)23(16-18(17)2)20(4)25-24(27)10-7-21-5-8-22(9-6-21)31(28,29)26-11-13-30-14-12-26/h5-6,8-9,15-16,20H,7,10-14H2,1-4H3,(H,25,27)/t20-/m1/s1. The molecule has 1 saturated heterocycles. The average Bonchev–Trinajstić information content (AvgIpc) is 2.75. The van der Waals surface area contributed by atoms with E-state index < -0.39 is 10.0 Å². The van der Waals surface area contributed by atoms with Gasteiger partial charge in [0.25, 0.3) is 0 Å². The van der Waals surface area contributed by atoms with Crippen molar-refractivity contribution in [3.8, 4) is 0 Å². The Morgan fingerprint density at radius 3 is 2.29 bits per heavy atom. The first-order valence-electron chi connectivity index (χ1n) is 10.7. The molecule has 1 aliphatic rings. The molecule has 0 aromatic heterocycles. The van der Waals surface area contributed by atoms with E-state index in [1.165, 1.54) is 21.0 Å². The number of nitrogens with zero attached hydrogens (tertiary/aromatic N) is 1. The van der Waals surface area contributed by atoms with E-state index in [-0.39, 0.29) is 16.8 Å². The molecular weight excluding hydrogens is 412 g/mol. The van der Waals surface area contributed by atoms with Crippen molar-refractivity contribution in [3.05, 3.63) is 64.2 Å². The Balaban J connectivity index is 1.56. The van der Waals surface area contributed by atoms with Crippen LogP contribution in [0.4, 0.5) is 0 Å². The van der Waals surface area contributed by atoms with Gasteiger partial charge in [0.1, 0.15) is 0 Å². The number of rotatable bonds is 7. The third-order valence-electron chi connectivity index (χ3n) is 5.90. The molecule has 2 aromatic carbocycles. The zero-order valence-corrected chi connectivity index (χ0v) is 19.6. The van der Waals surface area contributed by atoms with Crippen molar-refractivity contribution >= 4 is 15.9 Å². The highest BCUT2D eigenvalue weighted by atomic mass is 32.2. The van der Waals surface area contributed by atoms with E-state index in [2.05, 4.69) is 38.2 Å². The molecule has 0 unspecified atom stereocenters.